The Morgan fingerprint density at radius 1 is 1.30 bits per heavy atom. The molecule has 0 aliphatic heterocycles. The van der Waals surface area contributed by atoms with E-state index in [9.17, 15) is 21.6 Å². The summed E-state index contributed by atoms with van der Waals surface area (Å²) >= 11 is 5.62. The summed E-state index contributed by atoms with van der Waals surface area (Å²) < 4.78 is 64.1. The van der Waals surface area contributed by atoms with Crippen molar-refractivity contribution < 1.29 is 21.6 Å². The topological polar surface area (TPSA) is 46.2 Å². The number of halogens is 4. The first-order chi connectivity index (χ1) is 9.08. The van der Waals surface area contributed by atoms with Crippen molar-refractivity contribution in [1.82, 2.24) is 4.72 Å². The fourth-order valence-electron chi connectivity index (χ4n) is 1.40. The van der Waals surface area contributed by atoms with Crippen LogP contribution in [-0.4, -0.2) is 20.3 Å². The van der Waals surface area contributed by atoms with Crippen LogP contribution in [0.3, 0.4) is 0 Å². The summed E-state index contributed by atoms with van der Waals surface area (Å²) in [6.07, 6.45) is -4.58. The molecular formula is C12H15ClF3NO2S. The molecule has 0 saturated heterocycles. The summed E-state index contributed by atoms with van der Waals surface area (Å²) in [5.74, 6) is 0.101. The minimum absolute atomic E-state index is 0.141. The summed E-state index contributed by atoms with van der Waals surface area (Å²) in [6.45, 7) is 3.35. The molecule has 0 bridgehead atoms. The van der Waals surface area contributed by atoms with Gasteiger partial charge in [-0.3, -0.25) is 0 Å². The van der Waals surface area contributed by atoms with Crippen molar-refractivity contribution in [1.29, 1.82) is 0 Å². The van der Waals surface area contributed by atoms with Gasteiger partial charge in [-0.1, -0.05) is 13.0 Å². The fraction of sp³-hybridized carbons (Fsp3) is 0.500. The molecule has 2 atom stereocenters. The van der Waals surface area contributed by atoms with Crippen molar-refractivity contribution in [2.24, 2.45) is 5.92 Å². The van der Waals surface area contributed by atoms with Gasteiger partial charge in [-0.15, -0.1) is 11.6 Å². The number of hydrogen-bond donors (Lipinski definition) is 1. The van der Waals surface area contributed by atoms with E-state index in [1.165, 1.54) is 0 Å². The van der Waals surface area contributed by atoms with Crippen LogP contribution in [0.15, 0.2) is 29.2 Å². The minimum atomic E-state index is -4.58. The average Bonchev–Trinajstić information content (AvgIpc) is 2.36. The van der Waals surface area contributed by atoms with E-state index < -0.39 is 32.7 Å². The van der Waals surface area contributed by atoms with Gasteiger partial charge < -0.3 is 0 Å². The Bertz CT molecular complexity index is 560. The number of alkyl halides is 4. The molecule has 1 aromatic carbocycles. The summed E-state index contributed by atoms with van der Waals surface area (Å²) in [5, 5.41) is 0. The SMILES string of the molecule is CC(CCl)C(C)NS(=O)(=O)c1cccc(C(F)(F)F)c1. The normalized spacial score (nSPS) is 15.9. The third kappa shape index (κ3) is 4.36. The van der Waals surface area contributed by atoms with Crippen molar-refractivity contribution in [2.45, 2.75) is 31.0 Å². The highest BCUT2D eigenvalue weighted by Gasteiger charge is 2.32. The summed E-state index contributed by atoms with van der Waals surface area (Å²) in [4.78, 5) is -0.416. The first kappa shape index (κ1) is 17.3. The summed E-state index contributed by atoms with van der Waals surface area (Å²) in [7, 11) is -4.01. The second-order valence-electron chi connectivity index (χ2n) is 4.57. The lowest BCUT2D eigenvalue weighted by Crippen LogP contribution is -2.37. The third-order valence-electron chi connectivity index (χ3n) is 2.91. The van der Waals surface area contributed by atoms with Crippen molar-refractivity contribution in [3.05, 3.63) is 29.8 Å². The lowest BCUT2D eigenvalue weighted by molar-refractivity contribution is -0.137. The molecule has 0 aliphatic rings. The smallest absolute Gasteiger partial charge is 0.208 e. The molecular weight excluding hydrogens is 315 g/mol. The lowest BCUT2D eigenvalue weighted by atomic mass is 10.1. The zero-order valence-electron chi connectivity index (χ0n) is 10.9. The highest BCUT2D eigenvalue weighted by atomic mass is 35.5. The number of nitrogens with one attached hydrogen (secondary N) is 1. The lowest BCUT2D eigenvalue weighted by Gasteiger charge is -2.19. The molecule has 1 N–H and O–H groups in total. The van der Waals surface area contributed by atoms with Gasteiger partial charge in [0.25, 0.3) is 0 Å². The zero-order chi connectivity index (χ0) is 15.6. The van der Waals surface area contributed by atoms with Crippen molar-refractivity contribution in [3.8, 4) is 0 Å². The van der Waals surface area contributed by atoms with Crippen LogP contribution in [0.1, 0.15) is 19.4 Å². The van der Waals surface area contributed by atoms with Gasteiger partial charge in [0.2, 0.25) is 10.0 Å². The Balaban J connectivity index is 3.05. The van der Waals surface area contributed by atoms with E-state index in [2.05, 4.69) is 4.72 Å². The van der Waals surface area contributed by atoms with Crippen molar-refractivity contribution in [3.63, 3.8) is 0 Å². The van der Waals surface area contributed by atoms with E-state index >= 15 is 0 Å². The Labute approximate surface area is 121 Å². The monoisotopic (exact) mass is 329 g/mol. The van der Waals surface area contributed by atoms with Crippen LogP contribution in [-0.2, 0) is 16.2 Å². The average molecular weight is 330 g/mol. The zero-order valence-corrected chi connectivity index (χ0v) is 12.5. The van der Waals surface area contributed by atoms with Crippen LogP contribution in [0.2, 0.25) is 0 Å². The standard InChI is InChI=1S/C12H15ClF3NO2S/c1-8(7-13)9(2)17-20(18,19)11-5-3-4-10(6-11)12(14,15)16/h3-6,8-9,17H,7H2,1-2H3. The van der Waals surface area contributed by atoms with E-state index in [-0.39, 0.29) is 11.8 Å². The van der Waals surface area contributed by atoms with Gasteiger partial charge >= 0.3 is 6.18 Å². The minimum Gasteiger partial charge on any atom is -0.208 e. The maximum absolute atomic E-state index is 12.6. The Hall–Kier alpha value is -0.790. The van der Waals surface area contributed by atoms with E-state index in [1.54, 1.807) is 13.8 Å². The molecule has 0 aromatic heterocycles. The molecule has 1 aromatic rings. The Morgan fingerprint density at radius 2 is 1.90 bits per heavy atom. The van der Waals surface area contributed by atoms with Crippen molar-refractivity contribution >= 4 is 21.6 Å². The molecule has 20 heavy (non-hydrogen) atoms. The number of rotatable bonds is 5. The molecule has 0 saturated carbocycles. The molecule has 0 amide bonds. The van der Waals surface area contributed by atoms with Crippen molar-refractivity contribution in [2.75, 3.05) is 5.88 Å². The van der Waals surface area contributed by atoms with E-state index in [1.807, 2.05) is 0 Å². The van der Waals surface area contributed by atoms with E-state index in [4.69, 9.17) is 11.6 Å². The molecule has 0 fully saturated rings. The van der Waals surface area contributed by atoms with E-state index in [0.717, 1.165) is 18.2 Å². The quantitative estimate of drug-likeness (QED) is 0.843. The predicted molar refractivity (Wildman–Crippen MR) is 71.1 cm³/mol. The molecule has 0 spiro atoms. The van der Waals surface area contributed by atoms with Gasteiger partial charge in [0.15, 0.2) is 0 Å². The molecule has 114 valence electrons. The molecule has 0 heterocycles. The van der Waals surface area contributed by atoms with Gasteiger partial charge in [0.1, 0.15) is 0 Å². The maximum atomic E-state index is 12.6. The first-order valence-corrected chi connectivity index (χ1v) is 7.85. The van der Waals surface area contributed by atoms with Crippen LogP contribution in [0.4, 0.5) is 13.2 Å². The maximum Gasteiger partial charge on any atom is 0.416 e. The second-order valence-corrected chi connectivity index (χ2v) is 6.59. The molecule has 0 aliphatic carbocycles. The summed E-state index contributed by atoms with van der Waals surface area (Å²) in [6, 6.07) is 3.14. The highest BCUT2D eigenvalue weighted by molar-refractivity contribution is 7.89. The largest absolute Gasteiger partial charge is 0.416 e. The number of sulfonamides is 1. The van der Waals surface area contributed by atoms with Gasteiger partial charge in [0, 0.05) is 11.9 Å². The summed E-state index contributed by atoms with van der Waals surface area (Å²) in [5.41, 5.74) is -1.00. The van der Waals surface area contributed by atoms with Crippen LogP contribution in [0.5, 0.6) is 0 Å². The van der Waals surface area contributed by atoms with Crippen LogP contribution in [0.25, 0.3) is 0 Å². The van der Waals surface area contributed by atoms with Crippen LogP contribution >= 0.6 is 11.6 Å². The molecule has 3 nitrogen and oxygen atoms in total. The van der Waals surface area contributed by atoms with Gasteiger partial charge in [-0.2, -0.15) is 13.2 Å². The molecule has 0 radical (unpaired) electrons. The van der Waals surface area contributed by atoms with Gasteiger partial charge in [-0.05, 0) is 31.0 Å². The molecule has 1 rings (SSSR count). The van der Waals surface area contributed by atoms with Gasteiger partial charge in [0.05, 0.1) is 10.5 Å². The van der Waals surface area contributed by atoms with E-state index in [0.29, 0.717) is 6.07 Å². The highest BCUT2D eigenvalue weighted by Crippen LogP contribution is 2.30. The third-order valence-corrected chi connectivity index (χ3v) is 4.95. The second kappa shape index (κ2) is 6.32. The van der Waals surface area contributed by atoms with Crippen LogP contribution in [0, 0.1) is 5.92 Å². The fourth-order valence-corrected chi connectivity index (χ4v) is 3.07. The first-order valence-electron chi connectivity index (χ1n) is 5.83. The number of benzene rings is 1. The molecule has 2 unspecified atom stereocenters. The van der Waals surface area contributed by atoms with Crippen LogP contribution < -0.4 is 4.72 Å². The van der Waals surface area contributed by atoms with Gasteiger partial charge in [-0.25, -0.2) is 13.1 Å². The number of hydrogen-bond acceptors (Lipinski definition) is 2. The molecule has 8 heteroatoms. The Morgan fingerprint density at radius 3 is 2.40 bits per heavy atom. The predicted octanol–water partition coefficient (Wildman–Crippen LogP) is 3.25. The Kier molecular flexibility index (Phi) is 5.46.